The van der Waals surface area contributed by atoms with Crippen molar-refractivity contribution in [1.82, 2.24) is 9.88 Å². The average molecular weight is 474 g/mol. The number of anilines is 1. The largest absolute Gasteiger partial charge is 0.416 e. The van der Waals surface area contributed by atoms with E-state index in [0.29, 0.717) is 11.4 Å². The molecule has 1 aliphatic rings. The molecule has 2 amide bonds. The molecule has 0 saturated carbocycles. The van der Waals surface area contributed by atoms with Gasteiger partial charge in [-0.1, -0.05) is 24.3 Å². The van der Waals surface area contributed by atoms with Crippen LogP contribution in [0.4, 0.5) is 10.5 Å². The highest BCUT2D eigenvalue weighted by Crippen LogP contribution is 2.31. The number of likely N-dealkylation sites (tertiary alicyclic amines) is 1. The van der Waals surface area contributed by atoms with Gasteiger partial charge in [-0.3, -0.25) is 9.69 Å². The normalized spacial score (nSPS) is 17.6. The molecule has 1 aliphatic heterocycles. The number of ether oxygens (including phenoxy) is 1. The van der Waals surface area contributed by atoms with Crippen LogP contribution < -0.4 is 10.1 Å². The predicted molar refractivity (Wildman–Crippen MR) is 132 cm³/mol. The number of aliphatic hydroxyl groups is 1. The third-order valence-electron chi connectivity index (χ3n) is 5.71. The Morgan fingerprint density at radius 1 is 1.09 bits per heavy atom. The second-order valence-electron chi connectivity index (χ2n) is 8.30. The standard InChI is InChI=1S/C26H23N3O4S/c1-16-7-12-21-23(13-16)34-25(28-21)17-8-10-18(11-9-17)27-24(31)22-14-19(30)15-29(22)26(32)33-20-5-3-2-4-6-20/h2-13,19,22,30H,14-15H2,1H3,(H,27,31). The second kappa shape index (κ2) is 9.24. The summed E-state index contributed by atoms with van der Waals surface area (Å²) in [6.07, 6.45) is -1.30. The van der Waals surface area contributed by atoms with Crippen LogP contribution in [0.5, 0.6) is 5.75 Å². The van der Waals surface area contributed by atoms with Crippen LogP contribution in [0.15, 0.2) is 72.8 Å². The molecule has 2 heterocycles. The number of aromatic nitrogens is 1. The SMILES string of the molecule is Cc1ccc2nc(-c3ccc(NC(=O)C4CC(O)CN4C(=O)Oc4ccccc4)cc3)sc2c1. The molecule has 1 saturated heterocycles. The maximum Gasteiger partial charge on any atom is 0.416 e. The van der Waals surface area contributed by atoms with Gasteiger partial charge in [-0.25, -0.2) is 9.78 Å². The zero-order valence-corrected chi connectivity index (χ0v) is 19.3. The van der Waals surface area contributed by atoms with E-state index < -0.39 is 18.2 Å². The van der Waals surface area contributed by atoms with Gasteiger partial charge in [0.1, 0.15) is 16.8 Å². The molecule has 7 nitrogen and oxygen atoms in total. The van der Waals surface area contributed by atoms with Crippen LogP contribution in [0.25, 0.3) is 20.8 Å². The first kappa shape index (κ1) is 22.1. The number of β-amino-alcohol motifs (C(OH)–C–C–N with tert-alkyl or cyclic N) is 1. The summed E-state index contributed by atoms with van der Waals surface area (Å²) in [6.45, 7) is 2.10. The van der Waals surface area contributed by atoms with Crippen LogP contribution in [0.1, 0.15) is 12.0 Å². The molecule has 5 rings (SSSR count). The molecular weight excluding hydrogens is 450 g/mol. The molecule has 0 spiro atoms. The van der Waals surface area contributed by atoms with Crippen molar-refractivity contribution in [3.05, 3.63) is 78.4 Å². The lowest BCUT2D eigenvalue weighted by molar-refractivity contribution is -0.119. The highest BCUT2D eigenvalue weighted by atomic mass is 32.1. The van der Waals surface area contributed by atoms with Crippen molar-refractivity contribution in [3.8, 4) is 16.3 Å². The van der Waals surface area contributed by atoms with Gasteiger partial charge < -0.3 is 15.2 Å². The molecule has 34 heavy (non-hydrogen) atoms. The molecule has 8 heteroatoms. The van der Waals surface area contributed by atoms with E-state index in [1.165, 1.54) is 10.5 Å². The second-order valence-corrected chi connectivity index (χ2v) is 9.33. The van der Waals surface area contributed by atoms with Crippen LogP contribution in [0, 0.1) is 6.92 Å². The van der Waals surface area contributed by atoms with Crippen molar-refractivity contribution >= 4 is 39.2 Å². The number of aliphatic hydroxyl groups excluding tert-OH is 1. The summed E-state index contributed by atoms with van der Waals surface area (Å²) >= 11 is 1.62. The van der Waals surface area contributed by atoms with Crippen molar-refractivity contribution < 1.29 is 19.4 Å². The van der Waals surface area contributed by atoms with Gasteiger partial charge in [-0.15, -0.1) is 11.3 Å². The number of benzene rings is 3. The van der Waals surface area contributed by atoms with E-state index in [4.69, 9.17) is 9.72 Å². The first-order valence-electron chi connectivity index (χ1n) is 11.0. The maximum absolute atomic E-state index is 12.9. The molecule has 2 atom stereocenters. The zero-order chi connectivity index (χ0) is 23.7. The van der Waals surface area contributed by atoms with Crippen LogP contribution in [-0.4, -0.2) is 45.7 Å². The number of hydrogen-bond donors (Lipinski definition) is 2. The fourth-order valence-electron chi connectivity index (χ4n) is 3.99. The number of rotatable bonds is 4. The number of carbonyl (C=O) groups excluding carboxylic acids is 2. The summed E-state index contributed by atoms with van der Waals surface area (Å²) in [4.78, 5) is 31.5. The van der Waals surface area contributed by atoms with Gasteiger partial charge in [-0.2, -0.15) is 0 Å². The number of amides is 2. The zero-order valence-electron chi connectivity index (χ0n) is 18.5. The summed E-state index contributed by atoms with van der Waals surface area (Å²) in [7, 11) is 0. The lowest BCUT2D eigenvalue weighted by Crippen LogP contribution is -2.44. The Morgan fingerprint density at radius 2 is 1.85 bits per heavy atom. The average Bonchev–Trinajstić information content (AvgIpc) is 3.43. The molecular formula is C26H23N3O4S. The monoisotopic (exact) mass is 473 g/mol. The van der Waals surface area contributed by atoms with E-state index in [2.05, 4.69) is 18.3 Å². The highest BCUT2D eigenvalue weighted by Gasteiger charge is 2.40. The number of nitrogens with one attached hydrogen (secondary N) is 1. The van der Waals surface area contributed by atoms with Gasteiger partial charge in [-0.05, 0) is 61.0 Å². The molecule has 2 N–H and O–H groups in total. The quantitative estimate of drug-likeness (QED) is 0.442. The summed E-state index contributed by atoms with van der Waals surface area (Å²) in [6, 6.07) is 21.4. The third kappa shape index (κ3) is 4.64. The Hall–Kier alpha value is -3.75. The number of nitrogens with zero attached hydrogens (tertiary/aromatic N) is 2. The predicted octanol–water partition coefficient (Wildman–Crippen LogP) is 4.84. The minimum absolute atomic E-state index is 0.0414. The first-order chi connectivity index (χ1) is 16.5. The van der Waals surface area contributed by atoms with E-state index in [-0.39, 0.29) is 18.9 Å². The molecule has 172 valence electrons. The van der Waals surface area contributed by atoms with Crippen LogP contribution in [0.2, 0.25) is 0 Å². The fourth-order valence-corrected chi connectivity index (χ4v) is 5.06. The van der Waals surface area contributed by atoms with E-state index in [0.717, 1.165) is 20.8 Å². The molecule has 1 fully saturated rings. The van der Waals surface area contributed by atoms with Crippen molar-refractivity contribution in [2.24, 2.45) is 0 Å². The van der Waals surface area contributed by atoms with Crippen LogP contribution in [0.3, 0.4) is 0 Å². The van der Waals surface area contributed by atoms with Crippen molar-refractivity contribution in [2.75, 3.05) is 11.9 Å². The molecule has 1 aromatic heterocycles. The third-order valence-corrected chi connectivity index (χ3v) is 6.78. The molecule has 3 aromatic carbocycles. The molecule has 0 radical (unpaired) electrons. The lowest BCUT2D eigenvalue weighted by atomic mass is 10.1. The Kier molecular flexibility index (Phi) is 6.00. The Labute approximate surface area is 200 Å². The number of fused-ring (bicyclic) bond motifs is 1. The van der Waals surface area contributed by atoms with E-state index in [9.17, 15) is 14.7 Å². The topological polar surface area (TPSA) is 91.8 Å². The minimum atomic E-state index is -0.821. The van der Waals surface area contributed by atoms with Gasteiger partial charge in [0.15, 0.2) is 0 Å². The number of thiazole rings is 1. The minimum Gasteiger partial charge on any atom is -0.410 e. The first-order valence-corrected chi connectivity index (χ1v) is 11.8. The molecule has 2 unspecified atom stereocenters. The molecule has 0 aliphatic carbocycles. The van der Waals surface area contributed by atoms with E-state index >= 15 is 0 Å². The molecule has 4 aromatic rings. The van der Waals surface area contributed by atoms with Gasteiger partial charge in [0.25, 0.3) is 0 Å². The highest BCUT2D eigenvalue weighted by molar-refractivity contribution is 7.21. The molecule has 0 bridgehead atoms. The van der Waals surface area contributed by atoms with Gasteiger partial charge >= 0.3 is 6.09 Å². The Bertz CT molecular complexity index is 1340. The fraction of sp³-hybridized carbons (Fsp3) is 0.192. The number of aryl methyl sites for hydroxylation is 1. The van der Waals surface area contributed by atoms with Crippen molar-refractivity contribution in [3.63, 3.8) is 0 Å². The van der Waals surface area contributed by atoms with Crippen molar-refractivity contribution in [2.45, 2.75) is 25.5 Å². The summed E-state index contributed by atoms with van der Waals surface area (Å²) < 4.78 is 6.50. The van der Waals surface area contributed by atoms with Crippen LogP contribution in [-0.2, 0) is 4.79 Å². The van der Waals surface area contributed by atoms with Gasteiger partial charge in [0.2, 0.25) is 5.91 Å². The van der Waals surface area contributed by atoms with E-state index in [1.54, 1.807) is 35.6 Å². The summed E-state index contributed by atoms with van der Waals surface area (Å²) in [5.41, 5.74) is 3.72. The van der Waals surface area contributed by atoms with Crippen molar-refractivity contribution in [1.29, 1.82) is 0 Å². The maximum atomic E-state index is 12.9. The van der Waals surface area contributed by atoms with Crippen LogP contribution >= 0.6 is 11.3 Å². The van der Waals surface area contributed by atoms with Gasteiger partial charge in [0, 0.05) is 17.7 Å². The Balaban J connectivity index is 1.27. The number of para-hydroxylation sites is 1. The summed E-state index contributed by atoms with van der Waals surface area (Å²) in [5.74, 6) is 0.0124. The van der Waals surface area contributed by atoms with E-state index in [1.807, 2.05) is 42.5 Å². The number of hydrogen-bond acceptors (Lipinski definition) is 6. The smallest absolute Gasteiger partial charge is 0.410 e. The summed E-state index contributed by atoms with van der Waals surface area (Å²) in [5, 5.41) is 13.9. The van der Waals surface area contributed by atoms with Gasteiger partial charge in [0.05, 0.1) is 22.9 Å². The Morgan fingerprint density at radius 3 is 2.62 bits per heavy atom. The lowest BCUT2D eigenvalue weighted by Gasteiger charge is -2.23. The number of carbonyl (C=O) groups is 2.